The van der Waals surface area contributed by atoms with Gasteiger partial charge < -0.3 is 28.7 Å². The molecule has 166 valence electrons. The lowest BCUT2D eigenvalue weighted by Crippen LogP contribution is -2.38. The zero-order chi connectivity index (χ0) is 22.4. The number of carbonyl (C=O) groups is 1. The van der Waals surface area contributed by atoms with Gasteiger partial charge in [-0.1, -0.05) is 16.8 Å². The van der Waals surface area contributed by atoms with E-state index in [9.17, 15) is 4.79 Å². The van der Waals surface area contributed by atoms with Crippen molar-refractivity contribution in [3.05, 3.63) is 46.0 Å². The molecule has 0 unspecified atom stereocenters. The number of hydrogen-bond acceptors (Lipinski definition) is 7. The molecular weight excluding hydrogens is 424 g/mol. The lowest BCUT2D eigenvalue weighted by atomic mass is 9.99. The summed E-state index contributed by atoms with van der Waals surface area (Å²) in [5.74, 6) is 2.10. The fraction of sp³-hybridized carbons (Fsp3) is 0.364. The number of halogens is 1. The van der Waals surface area contributed by atoms with Gasteiger partial charge >= 0.3 is 0 Å². The largest absolute Gasteiger partial charge is 0.493 e. The molecular formula is C22H25ClN2O6. The van der Waals surface area contributed by atoms with Crippen molar-refractivity contribution in [3.8, 4) is 23.0 Å². The van der Waals surface area contributed by atoms with Crippen LogP contribution in [0, 0.1) is 0 Å². The molecule has 3 rings (SSSR count). The van der Waals surface area contributed by atoms with Gasteiger partial charge in [0.1, 0.15) is 0 Å². The van der Waals surface area contributed by atoms with Crippen molar-refractivity contribution in [1.82, 2.24) is 4.90 Å². The Morgan fingerprint density at radius 3 is 2.32 bits per heavy atom. The second-order valence-corrected chi connectivity index (χ2v) is 7.19. The Bertz CT molecular complexity index is 979. The Labute approximate surface area is 186 Å². The SMILES string of the molecule is COc1cc2c(cc1OC)CN(C(=O)CO/N=C/c1cc(Cl)c(OC)c(OC)c1)CC2. The highest BCUT2D eigenvalue weighted by Crippen LogP contribution is 2.35. The lowest BCUT2D eigenvalue weighted by Gasteiger charge is -2.29. The number of amides is 1. The van der Waals surface area contributed by atoms with E-state index in [0.717, 1.165) is 17.5 Å². The molecule has 0 saturated heterocycles. The highest BCUT2D eigenvalue weighted by atomic mass is 35.5. The van der Waals surface area contributed by atoms with Gasteiger partial charge in [-0.05, 0) is 41.8 Å². The van der Waals surface area contributed by atoms with Crippen LogP contribution in [0.4, 0.5) is 0 Å². The van der Waals surface area contributed by atoms with E-state index in [2.05, 4.69) is 5.16 Å². The Morgan fingerprint density at radius 1 is 1.00 bits per heavy atom. The molecule has 0 atom stereocenters. The number of oxime groups is 1. The quantitative estimate of drug-likeness (QED) is 0.455. The van der Waals surface area contributed by atoms with E-state index in [0.29, 0.717) is 46.7 Å². The number of nitrogens with zero attached hydrogens (tertiary/aromatic N) is 2. The molecule has 1 amide bonds. The fourth-order valence-corrected chi connectivity index (χ4v) is 3.69. The molecule has 1 aliphatic rings. The molecule has 0 bridgehead atoms. The molecule has 0 fully saturated rings. The smallest absolute Gasteiger partial charge is 0.263 e. The first-order chi connectivity index (χ1) is 15.0. The molecule has 31 heavy (non-hydrogen) atoms. The summed E-state index contributed by atoms with van der Waals surface area (Å²) in [6.45, 7) is 0.909. The molecule has 0 N–H and O–H groups in total. The molecule has 9 heteroatoms. The van der Waals surface area contributed by atoms with Gasteiger partial charge in [-0.3, -0.25) is 4.79 Å². The third-order valence-corrected chi connectivity index (χ3v) is 5.27. The average molecular weight is 449 g/mol. The monoisotopic (exact) mass is 448 g/mol. The first-order valence-corrected chi connectivity index (χ1v) is 9.96. The van der Waals surface area contributed by atoms with Crippen LogP contribution < -0.4 is 18.9 Å². The summed E-state index contributed by atoms with van der Waals surface area (Å²) in [5, 5.41) is 4.27. The molecule has 0 spiro atoms. The highest BCUT2D eigenvalue weighted by molar-refractivity contribution is 6.32. The molecule has 0 aliphatic carbocycles. The van der Waals surface area contributed by atoms with Crippen molar-refractivity contribution in [1.29, 1.82) is 0 Å². The van der Waals surface area contributed by atoms with E-state index in [4.69, 9.17) is 35.4 Å². The van der Waals surface area contributed by atoms with Gasteiger partial charge in [-0.15, -0.1) is 0 Å². The van der Waals surface area contributed by atoms with Crippen molar-refractivity contribution in [2.45, 2.75) is 13.0 Å². The van der Waals surface area contributed by atoms with Crippen LogP contribution in [-0.4, -0.2) is 58.6 Å². The second kappa shape index (κ2) is 10.3. The van der Waals surface area contributed by atoms with Crippen LogP contribution in [0.25, 0.3) is 0 Å². The van der Waals surface area contributed by atoms with Gasteiger partial charge in [-0.2, -0.15) is 0 Å². The predicted octanol–water partition coefficient (Wildman–Crippen LogP) is 3.31. The maximum atomic E-state index is 12.5. The number of methoxy groups -OCH3 is 4. The van der Waals surface area contributed by atoms with Crippen LogP contribution in [-0.2, 0) is 22.6 Å². The number of benzene rings is 2. The summed E-state index contributed by atoms with van der Waals surface area (Å²) in [6, 6.07) is 7.25. The number of fused-ring (bicyclic) bond motifs is 1. The van der Waals surface area contributed by atoms with Gasteiger partial charge in [-0.25, -0.2) is 0 Å². The van der Waals surface area contributed by atoms with Gasteiger partial charge in [0.25, 0.3) is 5.91 Å². The minimum atomic E-state index is -0.167. The number of ether oxygens (including phenoxy) is 4. The van der Waals surface area contributed by atoms with Crippen molar-refractivity contribution >= 4 is 23.7 Å². The van der Waals surface area contributed by atoms with E-state index < -0.39 is 0 Å². The minimum absolute atomic E-state index is 0.150. The summed E-state index contributed by atoms with van der Waals surface area (Å²) in [4.78, 5) is 19.5. The standard InChI is InChI=1S/C22H25ClN2O6/c1-27-18-9-15-5-6-25(12-16(15)10-19(18)28-2)21(26)13-31-24-11-14-7-17(23)22(30-4)20(8-14)29-3/h7-11H,5-6,12-13H2,1-4H3/b24-11+. The number of rotatable bonds is 8. The molecule has 0 aromatic heterocycles. The summed E-state index contributed by atoms with van der Waals surface area (Å²) >= 11 is 6.18. The average Bonchev–Trinajstić information content (AvgIpc) is 2.79. The highest BCUT2D eigenvalue weighted by Gasteiger charge is 2.23. The van der Waals surface area contributed by atoms with Crippen molar-refractivity contribution < 1.29 is 28.6 Å². The van der Waals surface area contributed by atoms with Crippen molar-refractivity contribution in [2.75, 3.05) is 41.6 Å². The van der Waals surface area contributed by atoms with Crippen LogP contribution >= 0.6 is 11.6 Å². The first-order valence-electron chi connectivity index (χ1n) is 9.59. The van der Waals surface area contributed by atoms with Crippen LogP contribution in [0.5, 0.6) is 23.0 Å². The summed E-state index contributed by atoms with van der Waals surface area (Å²) < 4.78 is 21.2. The van der Waals surface area contributed by atoms with Crippen molar-refractivity contribution in [2.24, 2.45) is 5.16 Å². The van der Waals surface area contributed by atoms with E-state index in [1.165, 1.54) is 20.4 Å². The van der Waals surface area contributed by atoms with E-state index in [1.54, 1.807) is 31.3 Å². The lowest BCUT2D eigenvalue weighted by molar-refractivity contribution is -0.137. The van der Waals surface area contributed by atoms with E-state index in [-0.39, 0.29) is 12.5 Å². The minimum Gasteiger partial charge on any atom is -0.493 e. The zero-order valence-corrected chi connectivity index (χ0v) is 18.7. The Kier molecular flexibility index (Phi) is 7.46. The molecule has 0 saturated carbocycles. The van der Waals surface area contributed by atoms with Crippen molar-refractivity contribution in [3.63, 3.8) is 0 Å². The summed E-state index contributed by atoms with van der Waals surface area (Å²) in [6.07, 6.45) is 2.19. The molecule has 1 aliphatic heterocycles. The number of hydrogen-bond donors (Lipinski definition) is 0. The predicted molar refractivity (Wildman–Crippen MR) is 117 cm³/mol. The van der Waals surface area contributed by atoms with Crippen LogP contribution in [0.15, 0.2) is 29.4 Å². The Balaban J connectivity index is 1.59. The topological polar surface area (TPSA) is 78.8 Å². The molecule has 8 nitrogen and oxygen atoms in total. The molecule has 2 aromatic rings. The fourth-order valence-electron chi connectivity index (χ4n) is 3.39. The summed E-state index contributed by atoms with van der Waals surface area (Å²) in [7, 11) is 6.23. The third kappa shape index (κ3) is 5.14. The third-order valence-electron chi connectivity index (χ3n) is 4.99. The summed E-state index contributed by atoms with van der Waals surface area (Å²) in [5.41, 5.74) is 2.83. The zero-order valence-electron chi connectivity index (χ0n) is 17.9. The first kappa shape index (κ1) is 22.6. The normalized spacial score (nSPS) is 13.0. The van der Waals surface area contributed by atoms with Crippen LogP contribution in [0.1, 0.15) is 16.7 Å². The molecule has 0 radical (unpaired) electrons. The van der Waals surface area contributed by atoms with Gasteiger partial charge in [0, 0.05) is 18.7 Å². The maximum absolute atomic E-state index is 12.5. The van der Waals surface area contributed by atoms with E-state index in [1.807, 2.05) is 12.1 Å². The van der Waals surface area contributed by atoms with Gasteiger partial charge in [0.05, 0.1) is 39.7 Å². The number of carbonyl (C=O) groups excluding carboxylic acids is 1. The van der Waals surface area contributed by atoms with E-state index >= 15 is 0 Å². The Hall–Kier alpha value is -3.13. The maximum Gasteiger partial charge on any atom is 0.263 e. The van der Waals surface area contributed by atoms with Crippen LogP contribution in [0.3, 0.4) is 0 Å². The molecule has 1 heterocycles. The van der Waals surface area contributed by atoms with Gasteiger partial charge in [0.15, 0.2) is 29.6 Å². The van der Waals surface area contributed by atoms with Crippen LogP contribution in [0.2, 0.25) is 5.02 Å². The second-order valence-electron chi connectivity index (χ2n) is 6.79. The Morgan fingerprint density at radius 2 is 1.68 bits per heavy atom. The van der Waals surface area contributed by atoms with Gasteiger partial charge in [0.2, 0.25) is 0 Å². The molecule has 2 aromatic carbocycles.